The zero-order chi connectivity index (χ0) is 23.6. The molecule has 1 aromatic heterocycles. The number of oxazole rings is 1. The lowest BCUT2D eigenvalue weighted by Gasteiger charge is -2.33. The van der Waals surface area contributed by atoms with Crippen molar-refractivity contribution < 1.29 is 26.0 Å². The molecule has 1 saturated heterocycles. The summed E-state index contributed by atoms with van der Waals surface area (Å²) in [7, 11) is -6.01. The van der Waals surface area contributed by atoms with Crippen LogP contribution in [-0.4, -0.2) is 64.3 Å². The fraction of sp³-hybridized carbons (Fsp3) is 0.286. The zero-order valence-corrected chi connectivity index (χ0v) is 19.5. The summed E-state index contributed by atoms with van der Waals surface area (Å²) in [6.07, 6.45) is 1.67. The molecule has 12 heteroatoms. The number of primary sulfonamides is 1. The predicted octanol–water partition coefficient (Wildman–Crippen LogP) is 1.50. The Hall–Kier alpha value is -2.77. The molecule has 0 atom stereocenters. The van der Waals surface area contributed by atoms with E-state index in [-0.39, 0.29) is 9.79 Å². The molecule has 0 saturated carbocycles. The van der Waals surface area contributed by atoms with Crippen LogP contribution in [0.2, 0.25) is 0 Å². The Morgan fingerprint density at radius 3 is 2.12 bits per heavy atom. The van der Waals surface area contributed by atoms with Crippen molar-refractivity contribution in [1.82, 2.24) is 14.2 Å². The van der Waals surface area contributed by atoms with E-state index in [9.17, 15) is 16.8 Å². The van der Waals surface area contributed by atoms with Gasteiger partial charge in [-0.15, -0.1) is 0 Å². The summed E-state index contributed by atoms with van der Waals surface area (Å²) in [6, 6.07) is 12.4. The minimum absolute atomic E-state index is 0.0279. The number of hydrogen-bond donors (Lipinski definition) is 1. The lowest BCUT2D eigenvalue weighted by atomic mass is 10.2. The summed E-state index contributed by atoms with van der Waals surface area (Å²) in [5, 5.41) is 5.07. The number of rotatable bonds is 7. The largest absolute Gasteiger partial charge is 0.497 e. The number of piperazine rings is 1. The molecule has 0 aliphatic carbocycles. The predicted molar refractivity (Wildman–Crippen MR) is 120 cm³/mol. The van der Waals surface area contributed by atoms with E-state index in [1.807, 2.05) is 24.3 Å². The number of nitrogens with two attached hydrogens (primary N) is 1. The summed E-state index contributed by atoms with van der Waals surface area (Å²) in [5.74, 6) is 1.96. The molecule has 0 bridgehead atoms. The maximum atomic E-state index is 12.9. The maximum absolute atomic E-state index is 12.9. The molecule has 0 amide bonds. The van der Waals surface area contributed by atoms with Crippen LogP contribution in [0, 0.1) is 0 Å². The molecule has 33 heavy (non-hydrogen) atoms. The van der Waals surface area contributed by atoms with Crippen molar-refractivity contribution in [3.05, 3.63) is 60.6 Å². The molecule has 176 valence electrons. The first-order valence-corrected chi connectivity index (χ1v) is 13.1. The van der Waals surface area contributed by atoms with Gasteiger partial charge in [0, 0.05) is 31.7 Å². The second kappa shape index (κ2) is 9.23. The van der Waals surface area contributed by atoms with Crippen molar-refractivity contribution in [3.63, 3.8) is 0 Å². The van der Waals surface area contributed by atoms with E-state index in [4.69, 9.17) is 14.3 Å². The van der Waals surface area contributed by atoms with Gasteiger partial charge in [0.1, 0.15) is 5.75 Å². The Morgan fingerprint density at radius 2 is 1.55 bits per heavy atom. The SMILES string of the molecule is COc1ccc(-c2cnc(CN3CCN(S(=O)(=O)c4ccc(S(N)(=O)=O)cc4)CC3)o2)cc1. The van der Waals surface area contributed by atoms with Gasteiger partial charge in [0.15, 0.2) is 5.76 Å². The highest BCUT2D eigenvalue weighted by molar-refractivity contribution is 7.89. The molecule has 10 nitrogen and oxygen atoms in total. The first-order valence-electron chi connectivity index (χ1n) is 10.1. The van der Waals surface area contributed by atoms with E-state index in [0.717, 1.165) is 11.3 Å². The quantitative estimate of drug-likeness (QED) is 0.524. The van der Waals surface area contributed by atoms with Crippen molar-refractivity contribution in [2.75, 3.05) is 33.3 Å². The molecular formula is C21H24N4O6S2. The van der Waals surface area contributed by atoms with Crippen LogP contribution in [0.3, 0.4) is 0 Å². The Balaban J connectivity index is 1.36. The molecule has 3 aromatic rings. The molecule has 2 heterocycles. The zero-order valence-electron chi connectivity index (χ0n) is 17.9. The van der Waals surface area contributed by atoms with Crippen LogP contribution in [0.1, 0.15) is 5.89 Å². The lowest BCUT2D eigenvalue weighted by molar-refractivity contribution is 0.168. The van der Waals surface area contributed by atoms with Gasteiger partial charge in [-0.3, -0.25) is 4.90 Å². The molecule has 1 fully saturated rings. The smallest absolute Gasteiger partial charge is 0.243 e. The topological polar surface area (TPSA) is 136 Å². The normalized spacial score (nSPS) is 16.1. The van der Waals surface area contributed by atoms with Crippen LogP contribution in [-0.2, 0) is 26.6 Å². The molecule has 0 unspecified atom stereocenters. The van der Waals surface area contributed by atoms with E-state index in [1.54, 1.807) is 13.3 Å². The Bertz CT molecular complexity index is 1310. The Kier molecular flexibility index (Phi) is 6.54. The fourth-order valence-corrected chi connectivity index (χ4v) is 5.48. The van der Waals surface area contributed by atoms with E-state index in [1.165, 1.54) is 28.6 Å². The first kappa shape index (κ1) is 23.4. The number of aromatic nitrogens is 1. The van der Waals surface area contributed by atoms with Crippen molar-refractivity contribution in [2.45, 2.75) is 16.3 Å². The van der Waals surface area contributed by atoms with Crippen molar-refractivity contribution in [3.8, 4) is 17.1 Å². The average molecular weight is 493 g/mol. The number of ether oxygens (including phenoxy) is 1. The highest BCUT2D eigenvalue weighted by Gasteiger charge is 2.29. The molecule has 4 rings (SSSR count). The minimum atomic E-state index is -3.88. The number of methoxy groups -OCH3 is 1. The monoisotopic (exact) mass is 492 g/mol. The van der Waals surface area contributed by atoms with Gasteiger partial charge in [0.2, 0.25) is 25.9 Å². The van der Waals surface area contributed by atoms with Gasteiger partial charge in [-0.2, -0.15) is 4.31 Å². The molecular weight excluding hydrogens is 468 g/mol. The third kappa shape index (κ3) is 5.25. The van der Waals surface area contributed by atoms with Gasteiger partial charge in [-0.25, -0.2) is 27.0 Å². The minimum Gasteiger partial charge on any atom is -0.497 e. The van der Waals surface area contributed by atoms with Crippen LogP contribution >= 0.6 is 0 Å². The van der Waals surface area contributed by atoms with Gasteiger partial charge in [-0.1, -0.05) is 0 Å². The summed E-state index contributed by atoms with van der Waals surface area (Å²) in [5.41, 5.74) is 0.888. The molecule has 2 aromatic carbocycles. The standard InChI is InChI=1S/C21H24N4O6S2/c1-30-17-4-2-16(3-5-17)20-14-23-21(31-20)15-24-10-12-25(13-11-24)33(28,29)19-8-6-18(7-9-19)32(22,26)27/h2-9,14H,10-13,15H2,1H3,(H2,22,26,27). The lowest BCUT2D eigenvalue weighted by Crippen LogP contribution is -2.48. The highest BCUT2D eigenvalue weighted by Crippen LogP contribution is 2.24. The number of sulfonamides is 2. The molecule has 0 spiro atoms. The van der Waals surface area contributed by atoms with Crippen molar-refractivity contribution in [2.24, 2.45) is 5.14 Å². The molecule has 1 aliphatic heterocycles. The van der Waals surface area contributed by atoms with Crippen LogP contribution in [0.15, 0.2) is 68.9 Å². The summed E-state index contributed by atoms with van der Waals surface area (Å²) >= 11 is 0. The highest BCUT2D eigenvalue weighted by atomic mass is 32.2. The molecule has 1 aliphatic rings. The summed E-state index contributed by atoms with van der Waals surface area (Å²) in [6.45, 7) is 2.08. The number of benzene rings is 2. The van der Waals surface area contributed by atoms with Gasteiger partial charge in [0.05, 0.1) is 29.6 Å². The number of nitrogens with zero attached hydrogens (tertiary/aromatic N) is 3. The van der Waals surface area contributed by atoms with Crippen LogP contribution in [0.25, 0.3) is 11.3 Å². The van der Waals surface area contributed by atoms with E-state index >= 15 is 0 Å². The van der Waals surface area contributed by atoms with Gasteiger partial charge >= 0.3 is 0 Å². The molecule has 2 N–H and O–H groups in total. The number of hydrogen-bond acceptors (Lipinski definition) is 8. The Morgan fingerprint density at radius 1 is 0.939 bits per heavy atom. The third-order valence-corrected chi connectivity index (χ3v) is 8.25. The van der Waals surface area contributed by atoms with Crippen molar-refractivity contribution in [1.29, 1.82) is 0 Å². The second-order valence-electron chi connectivity index (χ2n) is 7.54. The van der Waals surface area contributed by atoms with E-state index < -0.39 is 20.0 Å². The van der Waals surface area contributed by atoms with E-state index in [2.05, 4.69) is 9.88 Å². The summed E-state index contributed by atoms with van der Waals surface area (Å²) < 4.78 is 61.0. The third-order valence-electron chi connectivity index (χ3n) is 5.41. The van der Waals surface area contributed by atoms with Gasteiger partial charge < -0.3 is 9.15 Å². The van der Waals surface area contributed by atoms with Crippen LogP contribution in [0.4, 0.5) is 0 Å². The van der Waals surface area contributed by atoms with Gasteiger partial charge in [0.25, 0.3) is 0 Å². The first-order chi connectivity index (χ1) is 15.7. The fourth-order valence-electron chi connectivity index (χ4n) is 3.54. The van der Waals surface area contributed by atoms with Crippen LogP contribution in [0.5, 0.6) is 5.75 Å². The van der Waals surface area contributed by atoms with Gasteiger partial charge in [-0.05, 0) is 48.5 Å². The molecule has 0 radical (unpaired) electrons. The van der Waals surface area contributed by atoms with Crippen LogP contribution < -0.4 is 9.88 Å². The Labute approximate surface area is 192 Å². The second-order valence-corrected chi connectivity index (χ2v) is 11.0. The van der Waals surface area contributed by atoms with E-state index in [0.29, 0.717) is 44.4 Å². The van der Waals surface area contributed by atoms with Crippen molar-refractivity contribution >= 4 is 20.0 Å². The average Bonchev–Trinajstić information content (AvgIpc) is 3.27. The summed E-state index contributed by atoms with van der Waals surface area (Å²) in [4.78, 5) is 6.31. The maximum Gasteiger partial charge on any atom is 0.243 e.